The van der Waals surface area contributed by atoms with Crippen LogP contribution < -0.4 is 5.73 Å². The highest BCUT2D eigenvalue weighted by Gasteiger charge is 2.69. The van der Waals surface area contributed by atoms with Crippen LogP contribution in [0.25, 0.3) is 11.1 Å². The topological polar surface area (TPSA) is 181 Å². The van der Waals surface area contributed by atoms with Gasteiger partial charge >= 0.3 is 0 Å². The Kier molecular flexibility index (Phi) is 7.46. The molecule has 0 saturated heterocycles. The van der Waals surface area contributed by atoms with Gasteiger partial charge in [-0.1, -0.05) is 30.3 Å². The molecule has 5 rings (SSSR count). The summed E-state index contributed by atoms with van der Waals surface area (Å²) in [5.74, 6) is -11.0. The molecule has 2 aromatic carbocycles. The smallest absolute Gasteiger partial charge is 0.235 e. The van der Waals surface area contributed by atoms with E-state index in [1.807, 2.05) is 12.1 Å². The van der Waals surface area contributed by atoms with Gasteiger partial charge in [0.1, 0.15) is 12.4 Å². The Balaban J connectivity index is 1.60. The van der Waals surface area contributed by atoms with Crippen LogP contribution in [0.5, 0.6) is 5.75 Å². The van der Waals surface area contributed by atoms with Crippen molar-refractivity contribution in [2.24, 2.45) is 29.4 Å². The molecule has 3 aliphatic carbocycles. The molecule has 220 valence electrons. The van der Waals surface area contributed by atoms with Gasteiger partial charge in [-0.2, -0.15) is 0 Å². The highest BCUT2D eigenvalue weighted by atomic mass is 16.5. The molecule has 6 atom stereocenters. The number of aromatic hydroxyl groups is 1. The number of hydrogen-bond acceptors (Lipinski definition) is 10. The molecule has 3 aliphatic rings. The van der Waals surface area contributed by atoms with Crippen molar-refractivity contribution in [1.82, 2.24) is 4.90 Å². The fourth-order valence-corrected chi connectivity index (χ4v) is 7.16. The van der Waals surface area contributed by atoms with Gasteiger partial charge in [0.25, 0.3) is 0 Å². The van der Waals surface area contributed by atoms with Crippen molar-refractivity contribution in [2.75, 3.05) is 27.8 Å². The number of likely N-dealkylation sites (N-methyl/N-ethyl adjacent to an activating group) is 1. The predicted molar refractivity (Wildman–Crippen MR) is 147 cm³/mol. The number of fused-ring (bicyclic) bond motifs is 3. The molecule has 0 heterocycles. The zero-order valence-electron chi connectivity index (χ0n) is 23.5. The van der Waals surface area contributed by atoms with Gasteiger partial charge in [0.05, 0.1) is 17.5 Å². The van der Waals surface area contributed by atoms with Gasteiger partial charge in [-0.05, 0) is 61.2 Å². The van der Waals surface area contributed by atoms with E-state index in [0.29, 0.717) is 16.7 Å². The van der Waals surface area contributed by atoms with E-state index >= 15 is 0 Å². The number of carbonyl (C=O) groups is 6. The van der Waals surface area contributed by atoms with E-state index in [-0.39, 0.29) is 43.0 Å². The first-order valence-corrected chi connectivity index (χ1v) is 13.6. The molecule has 11 heteroatoms. The maximum atomic E-state index is 14.0. The van der Waals surface area contributed by atoms with E-state index in [4.69, 9.17) is 10.5 Å². The number of phenols is 1. The Morgan fingerprint density at radius 3 is 2.45 bits per heavy atom. The van der Waals surface area contributed by atoms with Gasteiger partial charge < -0.3 is 20.7 Å². The van der Waals surface area contributed by atoms with Crippen molar-refractivity contribution in [3.8, 4) is 16.9 Å². The van der Waals surface area contributed by atoms with Crippen LogP contribution in [-0.4, -0.2) is 89.4 Å². The lowest BCUT2D eigenvalue weighted by Gasteiger charge is -2.52. The summed E-state index contributed by atoms with van der Waals surface area (Å²) in [6.07, 6.45) is 0.244. The summed E-state index contributed by atoms with van der Waals surface area (Å²) in [6.45, 7) is -0.0307. The van der Waals surface area contributed by atoms with Crippen molar-refractivity contribution in [3.05, 3.63) is 53.1 Å². The van der Waals surface area contributed by atoms with Gasteiger partial charge in [-0.3, -0.25) is 33.7 Å². The second kappa shape index (κ2) is 10.6. The summed E-state index contributed by atoms with van der Waals surface area (Å²) in [5, 5.41) is 22.5. The van der Waals surface area contributed by atoms with E-state index in [0.717, 1.165) is 5.56 Å². The second-order valence-electron chi connectivity index (χ2n) is 11.6. The molecular formula is C31H32N2O9. The largest absolute Gasteiger partial charge is 0.507 e. The van der Waals surface area contributed by atoms with E-state index in [1.165, 1.54) is 32.2 Å². The summed E-state index contributed by atoms with van der Waals surface area (Å²) < 4.78 is 4.92. The molecule has 0 radical (unpaired) electrons. The van der Waals surface area contributed by atoms with Crippen LogP contribution in [-0.2, 0) is 41.6 Å². The number of benzene rings is 2. The number of Topliss-reactive ketones (excluding diaryl/α,β-unsaturated/α-hetero) is 5. The number of hydrogen-bond donors (Lipinski definition) is 3. The maximum absolute atomic E-state index is 14.0. The van der Waals surface area contributed by atoms with Crippen LogP contribution in [0.15, 0.2) is 36.4 Å². The minimum atomic E-state index is -2.77. The fourth-order valence-electron chi connectivity index (χ4n) is 7.16. The van der Waals surface area contributed by atoms with Crippen LogP contribution >= 0.6 is 0 Å². The number of amides is 1. The zero-order valence-corrected chi connectivity index (χ0v) is 23.5. The van der Waals surface area contributed by atoms with Crippen LogP contribution in [0.1, 0.15) is 27.9 Å². The van der Waals surface area contributed by atoms with Crippen molar-refractivity contribution < 1.29 is 43.7 Å². The Bertz CT molecular complexity index is 1550. The summed E-state index contributed by atoms with van der Waals surface area (Å²) in [4.78, 5) is 80.3. The van der Waals surface area contributed by atoms with Gasteiger partial charge in [-0.15, -0.1) is 0 Å². The molecule has 42 heavy (non-hydrogen) atoms. The number of ketones is 5. The Hall–Kier alpha value is -4.06. The highest BCUT2D eigenvalue weighted by Crippen LogP contribution is 2.51. The normalized spacial score (nSPS) is 28.7. The molecular weight excluding hydrogens is 544 g/mol. The first kappa shape index (κ1) is 29.4. The SMILES string of the molecule is COCC(=O)Cc1cccc(-c2ccc(O)c3c2C[C@@H]2C[C@@H]4[C@@H](N(C)C)C(=O)C(C(N)=O)C(=O)[C@]4(O)C(=O)C2C3=O)c1. The zero-order chi connectivity index (χ0) is 30.7. The third kappa shape index (κ3) is 4.39. The van der Waals surface area contributed by atoms with E-state index in [2.05, 4.69) is 0 Å². The fraction of sp³-hybridized carbons (Fsp3) is 0.419. The number of phenolic OH excluding ortho intramolecular Hbond substituents is 1. The van der Waals surface area contributed by atoms with Crippen molar-refractivity contribution in [3.63, 3.8) is 0 Å². The Morgan fingerprint density at radius 2 is 1.81 bits per heavy atom. The van der Waals surface area contributed by atoms with Gasteiger partial charge in [-0.25, -0.2) is 0 Å². The lowest BCUT2D eigenvalue weighted by molar-refractivity contribution is -0.181. The minimum Gasteiger partial charge on any atom is -0.507 e. The minimum absolute atomic E-state index is 0.0307. The molecule has 0 bridgehead atoms. The van der Waals surface area contributed by atoms with Crippen LogP contribution in [0.4, 0.5) is 0 Å². The summed E-state index contributed by atoms with van der Waals surface area (Å²) in [5.41, 5.74) is 5.04. The first-order valence-electron chi connectivity index (χ1n) is 13.6. The predicted octanol–water partition coefficient (Wildman–Crippen LogP) is 0.292. The average Bonchev–Trinajstić information content (AvgIpc) is 2.90. The molecule has 2 aromatic rings. The molecule has 0 spiro atoms. The monoisotopic (exact) mass is 576 g/mol. The first-order chi connectivity index (χ1) is 19.8. The summed E-state index contributed by atoms with van der Waals surface area (Å²) in [7, 11) is 4.51. The Labute approximate surface area is 241 Å². The van der Waals surface area contributed by atoms with Crippen LogP contribution in [0, 0.1) is 23.7 Å². The summed E-state index contributed by atoms with van der Waals surface area (Å²) >= 11 is 0. The molecule has 4 N–H and O–H groups in total. The van der Waals surface area contributed by atoms with E-state index in [9.17, 15) is 39.0 Å². The lowest BCUT2D eigenvalue weighted by atomic mass is 9.52. The quantitative estimate of drug-likeness (QED) is 0.388. The molecule has 2 saturated carbocycles. The third-order valence-corrected chi connectivity index (χ3v) is 8.89. The number of aliphatic hydroxyl groups is 1. The number of nitrogens with two attached hydrogens (primary N) is 1. The van der Waals surface area contributed by atoms with Crippen molar-refractivity contribution >= 4 is 34.8 Å². The maximum Gasteiger partial charge on any atom is 0.235 e. The highest BCUT2D eigenvalue weighted by molar-refractivity contribution is 6.32. The lowest BCUT2D eigenvalue weighted by Crippen LogP contribution is -2.74. The van der Waals surface area contributed by atoms with Crippen LogP contribution in [0.3, 0.4) is 0 Å². The number of primary amides is 1. The third-order valence-electron chi connectivity index (χ3n) is 8.89. The summed E-state index contributed by atoms with van der Waals surface area (Å²) in [6, 6.07) is 9.02. The van der Waals surface area contributed by atoms with Gasteiger partial charge in [0.2, 0.25) is 5.91 Å². The number of ether oxygens (including phenoxy) is 1. The molecule has 2 fully saturated rings. The van der Waals surface area contributed by atoms with E-state index in [1.54, 1.807) is 18.2 Å². The van der Waals surface area contributed by atoms with Gasteiger partial charge in [0.15, 0.2) is 40.4 Å². The number of nitrogens with zero attached hydrogens (tertiary/aromatic N) is 1. The average molecular weight is 577 g/mol. The van der Waals surface area contributed by atoms with Crippen molar-refractivity contribution in [1.29, 1.82) is 0 Å². The van der Waals surface area contributed by atoms with Crippen molar-refractivity contribution in [2.45, 2.75) is 30.9 Å². The molecule has 1 amide bonds. The number of carbonyl (C=O) groups excluding carboxylic acids is 6. The second-order valence-corrected chi connectivity index (χ2v) is 11.6. The van der Waals surface area contributed by atoms with Gasteiger partial charge in [0, 0.05) is 19.4 Å². The molecule has 2 unspecified atom stereocenters. The molecule has 11 nitrogen and oxygen atoms in total. The molecule has 0 aromatic heterocycles. The van der Waals surface area contributed by atoms with Crippen LogP contribution in [0.2, 0.25) is 0 Å². The standard InChI is InChI=1S/C31H32N2O9/c1-33(2)25-20-12-16-11-19-18(15-6-4-5-14(9-15)10-17(34)13-42-3)7-8-21(35)23(19)26(36)22(16)28(38)31(20,41)29(39)24(27(25)37)30(32)40/h4-9,16,20,22,24-25,35,41H,10-13H2,1-3H3,(H2,32,40)/t16-,20-,22?,24?,25-,31-/m1/s1. The molecule has 0 aliphatic heterocycles. The Morgan fingerprint density at radius 1 is 1.10 bits per heavy atom. The number of rotatable bonds is 7. The van der Waals surface area contributed by atoms with E-state index < -0.39 is 64.4 Å². The number of methoxy groups -OCH3 is 1.